The average molecular weight is 322 g/mol. The van der Waals surface area contributed by atoms with Gasteiger partial charge in [-0.15, -0.1) is 0 Å². The van der Waals surface area contributed by atoms with E-state index in [1.54, 1.807) is 24.3 Å². The fourth-order valence-electron chi connectivity index (χ4n) is 1.78. The van der Waals surface area contributed by atoms with Crippen molar-refractivity contribution in [2.24, 2.45) is 0 Å². The maximum absolute atomic E-state index is 13.7. The van der Waals surface area contributed by atoms with Gasteiger partial charge < -0.3 is 0 Å². The first kappa shape index (κ1) is 16.0. The summed E-state index contributed by atoms with van der Waals surface area (Å²) in [4.78, 5) is 0.720. The molecular weight excluding hydrogens is 318 g/mol. The Morgan fingerprint density at radius 2 is 0.870 bits per heavy atom. The Bertz CT molecular complexity index is 822. The van der Waals surface area contributed by atoms with Crippen LogP contribution in [0.15, 0.2) is 34.1 Å². The summed E-state index contributed by atoms with van der Waals surface area (Å²) < 4.78 is 27.4. The first-order valence-corrected chi connectivity index (χ1v) is 6.81. The molecule has 0 unspecified atom stereocenters. The quantitative estimate of drug-likeness (QED) is 0.841. The molecule has 0 N–H and O–H groups in total. The summed E-state index contributed by atoms with van der Waals surface area (Å²) in [6, 6.07) is 11.5. The first-order valence-electron chi connectivity index (χ1n) is 5.99. The Morgan fingerprint density at radius 1 is 0.609 bits per heavy atom. The molecular formula is C16H4F2N4S. The maximum atomic E-state index is 13.7. The molecule has 0 saturated heterocycles. The molecule has 0 heterocycles. The first-order chi connectivity index (χ1) is 11.0. The van der Waals surface area contributed by atoms with E-state index in [0.29, 0.717) is 9.79 Å². The van der Waals surface area contributed by atoms with Crippen LogP contribution in [0, 0.1) is 57.0 Å². The molecule has 0 atom stereocenters. The zero-order chi connectivity index (χ0) is 17.0. The lowest BCUT2D eigenvalue weighted by molar-refractivity contribution is 0.618. The van der Waals surface area contributed by atoms with Crippen LogP contribution in [0.2, 0.25) is 0 Å². The fraction of sp³-hybridized carbons (Fsp3) is 0. The van der Waals surface area contributed by atoms with E-state index in [-0.39, 0.29) is 22.3 Å². The highest BCUT2D eigenvalue weighted by Gasteiger charge is 2.14. The standard InChI is InChI=1S/C16H4F2N4S/c17-15-9(5-19)1-13(2-10(15)6-20)23-14-3-11(7-21)16(18)12(4-14)8-22/h1-4H. The van der Waals surface area contributed by atoms with E-state index in [4.69, 9.17) is 21.0 Å². The number of hydrogen-bond acceptors (Lipinski definition) is 5. The second-order valence-electron chi connectivity index (χ2n) is 4.21. The van der Waals surface area contributed by atoms with E-state index in [0.717, 1.165) is 11.8 Å². The molecule has 4 nitrogen and oxygen atoms in total. The van der Waals surface area contributed by atoms with Crippen LogP contribution in [0.5, 0.6) is 0 Å². The molecule has 0 radical (unpaired) electrons. The zero-order valence-electron chi connectivity index (χ0n) is 11.3. The molecule has 2 aromatic rings. The summed E-state index contributed by atoms with van der Waals surface area (Å²) in [6.07, 6.45) is 0. The van der Waals surface area contributed by atoms with Crippen LogP contribution in [0.1, 0.15) is 22.3 Å². The van der Waals surface area contributed by atoms with Crippen molar-refractivity contribution in [2.45, 2.75) is 9.79 Å². The van der Waals surface area contributed by atoms with Crippen LogP contribution in [0.4, 0.5) is 8.78 Å². The van der Waals surface area contributed by atoms with Gasteiger partial charge in [-0.25, -0.2) is 8.78 Å². The molecule has 0 bridgehead atoms. The van der Waals surface area contributed by atoms with Crippen molar-refractivity contribution in [1.29, 1.82) is 21.0 Å². The predicted molar refractivity (Wildman–Crippen MR) is 75.8 cm³/mol. The van der Waals surface area contributed by atoms with Crippen molar-refractivity contribution in [3.63, 3.8) is 0 Å². The van der Waals surface area contributed by atoms with E-state index in [1.165, 1.54) is 24.3 Å². The van der Waals surface area contributed by atoms with Crippen LogP contribution in [-0.2, 0) is 0 Å². The van der Waals surface area contributed by atoms with Crippen molar-refractivity contribution in [2.75, 3.05) is 0 Å². The lowest BCUT2D eigenvalue weighted by Gasteiger charge is -2.06. The normalized spacial score (nSPS) is 9.30. The lowest BCUT2D eigenvalue weighted by atomic mass is 10.1. The van der Waals surface area contributed by atoms with E-state index in [9.17, 15) is 8.78 Å². The van der Waals surface area contributed by atoms with Crippen LogP contribution in [0.3, 0.4) is 0 Å². The largest absolute Gasteiger partial charge is 0.204 e. The van der Waals surface area contributed by atoms with Gasteiger partial charge in [-0.05, 0) is 24.3 Å². The molecule has 2 aromatic carbocycles. The SMILES string of the molecule is N#Cc1cc(Sc2cc(C#N)c(F)c(C#N)c2)cc(C#N)c1F. The molecule has 0 aliphatic carbocycles. The maximum Gasteiger partial charge on any atom is 0.158 e. The minimum Gasteiger partial charge on any atom is -0.204 e. The summed E-state index contributed by atoms with van der Waals surface area (Å²) in [7, 11) is 0. The van der Waals surface area contributed by atoms with Crippen LogP contribution >= 0.6 is 11.8 Å². The highest BCUT2D eigenvalue weighted by atomic mass is 32.2. The van der Waals surface area contributed by atoms with Crippen molar-refractivity contribution in [3.8, 4) is 24.3 Å². The summed E-state index contributed by atoms with van der Waals surface area (Å²) in [6.45, 7) is 0. The third kappa shape index (κ3) is 3.11. The van der Waals surface area contributed by atoms with Gasteiger partial charge in [-0.1, -0.05) is 11.8 Å². The van der Waals surface area contributed by atoms with Gasteiger partial charge in [0.05, 0.1) is 22.3 Å². The molecule has 0 aromatic heterocycles. The molecule has 7 heteroatoms. The number of hydrogen-bond donors (Lipinski definition) is 0. The van der Waals surface area contributed by atoms with E-state index in [1.807, 2.05) is 0 Å². The molecule has 2 rings (SSSR count). The van der Waals surface area contributed by atoms with Gasteiger partial charge >= 0.3 is 0 Å². The van der Waals surface area contributed by atoms with Gasteiger partial charge in [-0.2, -0.15) is 21.0 Å². The van der Waals surface area contributed by atoms with Crippen molar-refractivity contribution < 1.29 is 8.78 Å². The smallest absolute Gasteiger partial charge is 0.158 e. The number of nitrogens with zero attached hydrogens (tertiary/aromatic N) is 4. The molecule has 0 aliphatic heterocycles. The Labute approximate surface area is 134 Å². The second-order valence-corrected chi connectivity index (χ2v) is 5.36. The fourth-order valence-corrected chi connectivity index (χ4v) is 2.75. The van der Waals surface area contributed by atoms with Crippen molar-refractivity contribution in [3.05, 3.63) is 58.2 Å². The Balaban J connectivity index is 2.53. The molecule has 23 heavy (non-hydrogen) atoms. The monoisotopic (exact) mass is 322 g/mol. The van der Waals surface area contributed by atoms with Crippen LogP contribution in [-0.4, -0.2) is 0 Å². The minimum absolute atomic E-state index is 0.297. The Morgan fingerprint density at radius 3 is 1.09 bits per heavy atom. The van der Waals surface area contributed by atoms with Crippen LogP contribution in [0.25, 0.3) is 0 Å². The van der Waals surface area contributed by atoms with Gasteiger partial charge in [0.15, 0.2) is 11.6 Å². The summed E-state index contributed by atoms with van der Waals surface area (Å²) >= 11 is 0.985. The third-order valence-corrected chi connectivity index (χ3v) is 3.75. The summed E-state index contributed by atoms with van der Waals surface area (Å²) in [5.74, 6) is -1.82. The molecule has 108 valence electrons. The lowest BCUT2D eigenvalue weighted by Crippen LogP contribution is -1.93. The Hall–Kier alpha value is -3.39. The molecule has 0 spiro atoms. The molecule has 0 fully saturated rings. The summed E-state index contributed by atoms with van der Waals surface area (Å²) in [5, 5.41) is 35.5. The zero-order valence-corrected chi connectivity index (χ0v) is 12.1. The molecule has 0 amide bonds. The Kier molecular flexibility index (Phi) is 4.58. The highest BCUT2D eigenvalue weighted by molar-refractivity contribution is 7.99. The van der Waals surface area contributed by atoms with Gasteiger partial charge in [0.1, 0.15) is 24.3 Å². The van der Waals surface area contributed by atoms with Crippen LogP contribution < -0.4 is 0 Å². The van der Waals surface area contributed by atoms with Gasteiger partial charge in [0.25, 0.3) is 0 Å². The molecule has 0 saturated carbocycles. The van der Waals surface area contributed by atoms with Crippen molar-refractivity contribution >= 4 is 11.8 Å². The van der Waals surface area contributed by atoms with Gasteiger partial charge in [0.2, 0.25) is 0 Å². The van der Waals surface area contributed by atoms with E-state index < -0.39 is 11.6 Å². The highest BCUT2D eigenvalue weighted by Crippen LogP contribution is 2.32. The second kappa shape index (κ2) is 6.58. The summed E-state index contributed by atoms with van der Waals surface area (Å²) in [5.41, 5.74) is -1.19. The van der Waals surface area contributed by atoms with E-state index in [2.05, 4.69) is 0 Å². The number of rotatable bonds is 2. The van der Waals surface area contributed by atoms with Crippen molar-refractivity contribution in [1.82, 2.24) is 0 Å². The number of nitriles is 4. The number of benzene rings is 2. The average Bonchev–Trinajstić information content (AvgIpc) is 2.57. The predicted octanol–water partition coefficient (Wildman–Crippen LogP) is 3.60. The minimum atomic E-state index is -0.908. The third-order valence-electron chi connectivity index (χ3n) is 2.81. The van der Waals surface area contributed by atoms with Gasteiger partial charge in [-0.3, -0.25) is 0 Å². The number of halogens is 2. The van der Waals surface area contributed by atoms with E-state index >= 15 is 0 Å². The topological polar surface area (TPSA) is 95.2 Å². The molecule has 0 aliphatic rings. The van der Waals surface area contributed by atoms with Gasteiger partial charge in [0, 0.05) is 9.79 Å².